The predicted octanol–water partition coefficient (Wildman–Crippen LogP) is 2.12. The van der Waals surface area contributed by atoms with Crippen LogP contribution in [0, 0.1) is 0 Å². The summed E-state index contributed by atoms with van der Waals surface area (Å²) in [5.41, 5.74) is -1.59. The van der Waals surface area contributed by atoms with Gasteiger partial charge in [-0.3, -0.25) is 4.79 Å². The molecule has 4 nitrogen and oxygen atoms in total. The maximum Gasteiger partial charge on any atom is 0.416 e. The topological polar surface area (TPSA) is 58.6 Å². The Labute approximate surface area is 119 Å². The quantitative estimate of drug-likeness (QED) is 0.876. The second kappa shape index (κ2) is 5.93. The molecule has 21 heavy (non-hydrogen) atoms. The van der Waals surface area contributed by atoms with Gasteiger partial charge in [0.15, 0.2) is 6.61 Å². The molecule has 1 amide bonds. The van der Waals surface area contributed by atoms with E-state index in [1.54, 1.807) is 0 Å². The summed E-state index contributed by atoms with van der Waals surface area (Å²) in [6.07, 6.45) is -2.14. The van der Waals surface area contributed by atoms with Crippen LogP contribution in [0.1, 0.15) is 24.8 Å². The minimum atomic E-state index is -4.39. The molecule has 2 N–H and O–H groups in total. The molecular weight excluding hydrogens is 287 g/mol. The highest BCUT2D eigenvalue weighted by Crippen LogP contribution is 2.31. The normalized spacial score (nSPS) is 17.0. The number of ether oxygens (including phenoxy) is 1. The van der Waals surface area contributed by atoms with Gasteiger partial charge in [0.05, 0.1) is 11.2 Å². The second-order valence-corrected chi connectivity index (χ2v) is 5.17. The maximum atomic E-state index is 12.4. The van der Waals surface area contributed by atoms with Gasteiger partial charge in [-0.05, 0) is 43.5 Å². The van der Waals surface area contributed by atoms with Crippen LogP contribution in [0.25, 0.3) is 0 Å². The number of nitrogens with one attached hydrogen (secondary N) is 1. The summed E-state index contributed by atoms with van der Waals surface area (Å²) < 4.78 is 42.2. The summed E-state index contributed by atoms with van der Waals surface area (Å²) in [4.78, 5) is 11.5. The average molecular weight is 303 g/mol. The van der Waals surface area contributed by atoms with Crippen LogP contribution < -0.4 is 10.1 Å². The first kappa shape index (κ1) is 15.6. The number of carbonyl (C=O) groups is 1. The van der Waals surface area contributed by atoms with Crippen molar-refractivity contribution in [1.82, 2.24) is 5.32 Å². The number of rotatable bonds is 5. The minimum Gasteiger partial charge on any atom is -0.484 e. The van der Waals surface area contributed by atoms with E-state index < -0.39 is 23.2 Å². The van der Waals surface area contributed by atoms with Crippen LogP contribution >= 0.6 is 0 Å². The Morgan fingerprint density at radius 3 is 2.38 bits per heavy atom. The maximum absolute atomic E-state index is 12.4. The van der Waals surface area contributed by atoms with Crippen molar-refractivity contribution in [2.24, 2.45) is 0 Å². The molecule has 1 aliphatic carbocycles. The molecule has 0 radical (unpaired) electrons. The zero-order chi connectivity index (χ0) is 15.5. The molecule has 1 fully saturated rings. The van der Waals surface area contributed by atoms with E-state index in [4.69, 9.17) is 4.74 Å². The molecule has 0 aliphatic heterocycles. The first-order valence-corrected chi connectivity index (χ1v) is 6.58. The van der Waals surface area contributed by atoms with E-state index in [0.717, 1.165) is 30.7 Å². The lowest BCUT2D eigenvalue weighted by Gasteiger charge is -2.36. The predicted molar refractivity (Wildman–Crippen MR) is 68.7 cm³/mol. The van der Waals surface area contributed by atoms with Gasteiger partial charge >= 0.3 is 6.18 Å². The third-order valence-electron chi connectivity index (χ3n) is 3.45. The van der Waals surface area contributed by atoms with Crippen molar-refractivity contribution in [3.63, 3.8) is 0 Å². The molecule has 0 bridgehead atoms. The Kier molecular flexibility index (Phi) is 4.41. The highest BCUT2D eigenvalue weighted by Gasteiger charge is 2.34. The van der Waals surface area contributed by atoms with Crippen LogP contribution in [-0.4, -0.2) is 29.8 Å². The van der Waals surface area contributed by atoms with Gasteiger partial charge in [-0.25, -0.2) is 0 Å². The third kappa shape index (κ3) is 4.35. The lowest BCUT2D eigenvalue weighted by molar-refractivity contribution is -0.137. The van der Waals surface area contributed by atoms with Gasteiger partial charge in [0.25, 0.3) is 5.91 Å². The standard InChI is InChI=1S/C14H16F3NO3/c15-14(16,17)10-2-4-11(5-3-10)21-8-12(19)18-9-13(20)6-1-7-13/h2-5,20H,1,6-9H2,(H,18,19). The van der Waals surface area contributed by atoms with Crippen molar-refractivity contribution in [1.29, 1.82) is 0 Å². The molecule has 0 unspecified atom stereocenters. The van der Waals surface area contributed by atoms with Gasteiger partial charge in [-0.1, -0.05) is 0 Å². The van der Waals surface area contributed by atoms with Crippen LogP contribution in [0.4, 0.5) is 13.2 Å². The van der Waals surface area contributed by atoms with E-state index in [1.807, 2.05) is 0 Å². The van der Waals surface area contributed by atoms with E-state index >= 15 is 0 Å². The van der Waals surface area contributed by atoms with Crippen LogP contribution in [-0.2, 0) is 11.0 Å². The Bertz CT molecular complexity index is 495. The van der Waals surface area contributed by atoms with Crippen molar-refractivity contribution >= 4 is 5.91 Å². The number of benzene rings is 1. The molecule has 0 spiro atoms. The Hall–Kier alpha value is -1.76. The number of carbonyl (C=O) groups excluding carboxylic acids is 1. The van der Waals surface area contributed by atoms with Crippen molar-refractivity contribution in [3.05, 3.63) is 29.8 Å². The molecule has 7 heteroatoms. The lowest BCUT2D eigenvalue weighted by atomic mass is 9.80. The number of hydrogen-bond acceptors (Lipinski definition) is 3. The molecule has 0 aromatic heterocycles. The molecule has 2 rings (SSSR count). The molecule has 0 heterocycles. The van der Waals surface area contributed by atoms with E-state index in [1.165, 1.54) is 0 Å². The first-order valence-electron chi connectivity index (χ1n) is 6.58. The van der Waals surface area contributed by atoms with E-state index in [-0.39, 0.29) is 18.9 Å². The van der Waals surface area contributed by atoms with Gasteiger partial charge < -0.3 is 15.2 Å². The highest BCUT2D eigenvalue weighted by atomic mass is 19.4. The molecule has 1 aliphatic rings. The summed E-state index contributed by atoms with van der Waals surface area (Å²) in [7, 11) is 0. The van der Waals surface area contributed by atoms with Gasteiger partial charge in [0, 0.05) is 6.54 Å². The summed E-state index contributed by atoms with van der Waals surface area (Å²) in [6, 6.07) is 4.11. The molecule has 1 aromatic carbocycles. The first-order chi connectivity index (χ1) is 9.78. The summed E-state index contributed by atoms with van der Waals surface area (Å²) >= 11 is 0. The SMILES string of the molecule is O=C(COc1ccc(C(F)(F)F)cc1)NCC1(O)CCC1. The number of alkyl halides is 3. The third-order valence-corrected chi connectivity index (χ3v) is 3.45. The molecular formula is C14H16F3NO3. The van der Waals surface area contributed by atoms with Crippen LogP contribution in [0.15, 0.2) is 24.3 Å². The number of aliphatic hydroxyl groups is 1. The summed E-state index contributed by atoms with van der Waals surface area (Å²) in [5.74, 6) is -0.240. The average Bonchev–Trinajstić information content (AvgIpc) is 2.40. The Morgan fingerprint density at radius 2 is 1.90 bits per heavy atom. The van der Waals surface area contributed by atoms with Crippen molar-refractivity contribution < 1.29 is 27.8 Å². The number of hydrogen-bond donors (Lipinski definition) is 2. The summed E-state index contributed by atoms with van der Waals surface area (Å²) in [5, 5.41) is 12.3. The number of halogens is 3. The van der Waals surface area contributed by atoms with Crippen molar-refractivity contribution in [2.75, 3.05) is 13.2 Å². The fraction of sp³-hybridized carbons (Fsp3) is 0.500. The van der Waals surface area contributed by atoms with E-state index in [9.17, 15) is 23.1 Å². The largest absolute Gasteiger partial charge is 0.484 e. The van der Waals surface area contributed by atoms with E-state index in [0.29, 0.717) is 12.8 Å². The zero-order valence-corrected chi connectivity index (χ0v) is 11.2. The second-order valence-electron chi connectivity index (χ2n) is 5.17. The van der Waals surface area contributed by atoms with E-state index in [2.05, 4.69) is 5.32 Å². The zero-order valence-electron chi connectivity index (χ0n) is 11.2. The fourth-order valence-electron chi connectivity index (χ4n) is 1.96. The highest BCUT2D eigenvalue weighted by molar-refractivity contribution is 5.77. The molecule has 1 aromatic rings. The number of amides is 1. The molecule has 1 saturated carbocycles. The van der Waals surface area contributed by atoms with Crippen LogP contribution in [0.5, 0.6) is 5.75 Å². The minimum absolute atomic E-state index is 0.169. The molecule has 116 valence electrons. The molecule has 0 atom stereocenters. The van der Waals surface area contributed by atoms with Gasteiger partial charge in [-0.15, -0.1) is 0 Å². The Balaban J connectivity index is 1.76. The van der Waals surface area contributed by atoms with Crippen molar-refractivity contribution in [2.45, 2.75) is 31.0 Å². The van der Waals surface area contributed by atoms with Gasteiger partial charge in [0.1, 0.15) is 5.75 Å². The van der Waals surface area contributed by atoms with Crippen molar-refractivity contribution in [3.8, 4) is 5.75 Å². The van der Waals surface area contributed by atoms with Crippen LogP contribution in [0.3, 0.4) is 0 Å². The Morgan fingerprint density at radius 1 is 1.29 bits per heavy atom. The molecule has 0 saturated heterocycles. The van der Waals surface area contributed by atoms with Crippen LogP contribution in [0.2, 0.25) is 0 Å². The monoisotopic (exact) mass is 303 g/mol. The van der Waals surface area contributed by atoms with Gasteiger partial charge in [0.2, 0.25) is 0 Å². The van der Waals surface area contributed by atoms with Gasteiger partial charge in [-0.2, -0.15) is 13.2 Å². The lowest BCUT2D eigenvalue weighted by Crippen LogP contribution is -2.48. The smallest absolute Gasteiger partial charge is 0.416 e. The summed E-state index contributed by atoms with van der Waals surface area (Å²) in [6.45, 7) is -0.135. The fourth-order valence-corrected chi connectivity index (χ4v) is 1.96.